The van der Waals surface area contributed by atoms with Crippen LogP contribution in [0.15, 0.2) is 28.9 Å². The second-order valence-electron chi connectivity index (χ2n) is 1.74. The van der Waals surface area contributed by atoms with Crippen molar-refractivity contribution in [2.75, 3.05) is 0 Å². The summed E-state index contributed by atoms with van der Waals surface area (Å²) in [6.07, 6.45) is 0. The van der Waals surface area contributed by atoms with Crippen LogP contribution in [0.25, 0.3) is 0 Å². The molecule has 2 aliphatic rings. The summed E-state index contributed by atoms with van der Waals surface area (Å²) in [5.74, 6) is 0. The largest absolute Gasteiger partial charge is 1.00 e. The van der Waals surface area contributed by atoms with E-state index in [0.717, 1.165) is 4.24 Å². The van der Waals surface area contributed by atoms with Gasteiger partial charge in [-0.2, -0.15) is 0 Å². The van der Waals surface area contributed by atoms with Crippen molar-refractivity contribution >= 4 is 59.7 Å². The van der Waals surface area contributed by atoms with E-state index in [4.69, 9.17) is 12.6 Å². The monoisotopic (exact) mass is 242 g/mol. The molecule has 0 N–H and O–H groups in total. The van der Waals surface area contributed by atoms with Gasteiger partial charge in [0, 0.05) is 0 Å². The summed E-state index contributed by atoms with van der Waals surface area (Å²) in [7, 11) is 0. The third-order valence-corrected chi connectivity index (χ3v) is 6.36. The second kappa shape index (κ2) is 5.35. The molecule has 2 aliphatic heterocycles. The first-order chi connectivity index (χ1) is 5.36. The smallest absolute Gasteiger partial charge is 0.772 e. The Labute approximate surface area is 106 Å². The van der Waals surface area contributed by atoms with Crippen LogP contribution >= 0.6 is 47.0 Å². The number of hydrogen-bond donors (Lipinski definition) is 0. The topological polar surface area (TPSA) is 0 Å². The van der Waals surface area contributed by atoms with Crippen molar-refractivity contribution in [1.29, 1.82) is 0 Å². The van der Waals surface area contributed by atoms with E-state index in [1.165, 1.54) is 8.47 Å². The van der Waals surface area contributed by atoms with Crippen LogP contribution in [-0.4, -0.2) is 0 Å². The number of rotatable bonds is 0. The average Bonchev–Trinajstić information content (AvgIpc) is 2.55. The standard InChI is InChI=1S/C6H4S5.Li/c7-4-3-10-6(11-4)5-8-1-2-9-5;/h1-3,7H;/q;+1/p-1. The quantitative estimate of drug-likeness (QED) is 0.456. The fourth-order valence-corrected chi connectivity index (χ4v) is 5.25. The summed E-state index contributed by atoms with van der Waals surface area (Å²) in [6, 6.07) is 0. The van der Waals surface area contributed by atoms with Gasteiger partial charge in [-0.1, -0.05) is 35.3 Å². The predicted octanol–water partition coefficient (Wildman–Crippen LogP) is 0.894. The zero-order valence-corrected chi connectivity index (χ0v) is 10.4. The first-order valence-electron chi connectivity index (χ1n) is 2.80. The fourth-order valence-electron chi connectivity index (χ4n) is 0.634. The van der Waals surface area contributed by atoms with E-state index < -0.39 is 0 Å². The third-order valence-electron chi connectivity index (χ3n) is 1.03. The van der Waals surface area contributed by atoms with E-state index in [1.807, 2.05) is 5.41 Å². The Bertz CT molecular complexity index is 257. The van der Waals surface area contributed by atoms with E-state index in [-0.39, 0.29) is 18.9 Å². The molecular weight excluding hydrogens is 239 g/mol. The molecule has 0 nitrogen and oxygen atoms in total. The minimum Gasteiger partial charge on any atom is -0.772 e. The molecule has 0 saturated carbocycles. The van der Waals surface area contributed by atoms with Crippen LogP contribution in [0.5, 0.6) is 0 Å². The third kappa shape index (κ3) is 2.71. The van der Waals surface area contributed by atoms with Crippen LogP contribution in [-0.2, 0) is 12.6 Å². The summed E-state index contributed by atoms with van der Waals surface area (Å²) in [5, 5.41) is 6.24. The first kappa shape index (κ1) is 11.5. The molecule has 0 atom stereocenters. The Hall–Kier alpha value is 1.44. The summed E-state index contributed by atoms with van der Waals surface area (Å²) in [4.78, 5) is 0. The molecule has 0 unspecified atom stereocenters. The Morgan fingerprint density at radius 1 is 1.00 bits per heavy atom. The Morgan fingerprint density at radius 2 is 1.67 bits per heavy atom. The predicted molar refractivity (Wildman–Crippen MR) is 62.0 cm³/mol. The van der Waals surface area contributed by atoms with E-state index in [9.17, 15) is 0 Å². The second-order valence-corrected chi connectivity index (χ2v) is 6.72. The first-order valence-corrected chi connectivity index (χ1v) is 6.67. The molecule has 0 spiro atoms. The van der Waals surface area contributed by atoms with Crippen molar-refractivity contribution in [3.63, 3.8) is 0 Å². The molecule has 2 heterocycles. The normalized spacial score (nSPS) is 21.2. The maximum atomic E-state index is 5.05. The number of thioether (sulfide) groups is 4. The van der Waals surface area contributed by atoms with Gasteiger partial charge in [0.1, 0.15) is 0 Å². The van der Waals surface area contributed by atoms with Gasteiger partial charge in [0.25, 0.3) is 0 Å². The molecule has 0 aromatic heterocycles. The minimum absolute atomic E-state index is 0. The van der Waals surface area contributed by atoms with E-state index in [1.54, 1.807) is 47.0 Å². The molecule has 6 heteroatoms. The Balaban J connectivity index is 0.000000720. The Kier molecular flexibility index (Phi) is 5.13. The summed E-state index contributed by atoms with van der Waals surface area (Å²) < 4.78 is 3.71. The van der Waals surface area contributed by atoms with E-state index in [0.29, 0.717) is 0 Å². The van der Waals surface area contributed by atoms with Crippen LogP contribution in [0.3, 0.4) is 0 Å². The van der Waals surface area contributed by atoms with Gasteiger partial charge in [-0.25, -0.2) is 0 Å². The molecule has 2 rings (SSSR count). The zero-order chi connectivity index (χ0) is 7.68. The van der Waals surface area contributed by atoms with Gasteiger partial charge in [0.15, 0.2) is 0 Å². The fraction of sp³-hybridized carbons (Fsp3) is 0. The average molecular weight is 242 g/mol. The molecule has 58 valence electrons. The summed E-state index contributed by atoms with van der Waals surface area (Å²) >= 11 is 12.1. The zero-order valence-electron chi connectivity index (χ0n) is 6.27. The summed E-state index contributed by atoms with van der Waals surface area (Å²) in [5.41, 5.74) is 0. The van der Waals surface area contributed by atoms with Crippen molar-refractivity contribution in [1.82, 2.24) is 0 Å². The molecule has 0 fully saturated rings. The maximum Gasteiger partial charge on any atom is 1.00 e. The van der Waals surface area contributed by atoms with Gasteiger partial charge in [-0.05, 0) is 16.2 Å². The molecule has 0 amide bonds. The van der Waals surface area contributed by atoms with Gasteiger partial charge in [0.05, 0.1) is 8.47 Å². The van der Waals surface area contributed by atoms with Crippen molar-refractivity contribution in [3.8, 4) is 0 Å². The summed E-state index contributed by atoms with van der Waals surface area (Å²) in [6.45, 7) is 0. The van der Waals surface area contributed by atoms with Crippen molar-refractivity contribution < 1.29 is 18.9 Å². The molecule has 0 radical (unpaired) electrons. The molecule has 0 aromatic rings. The minimum atomic E-state index is 0. The van der Waals surface area contributed by atoms with Gasteiger partial charge in [-0.15, -0.1) is 16.0 Å². The number of hydrogen-bond acceptors (Lipinski definition) is 5. The SMILES string of the molecule is [Li+].[S-]C1=CSC(=C2SC=CS2)S1. The Morgan fingerprint density at radius 3 is 2.17 bits per heavy atom. The molecule has 0 aromatic carbocycles. The van der Waals surface area contributed by atoms with Crippen LogP contribution in [0.2, 0.25) is 0 Å². The molecule has 0 saturated heterocycles. The molecule has 12 heavy (non-hydrogen) atoms. The van der Waals surface area contributed by atoms with E-state index in [2.05, 4.69) is 10.8 Å². The molecule has 0 bridgehead atoms. The van der Waals surface area contributed by atoms with Crippen LogP contribution < -0.4 is 18.9 Å². The molecular formula is C6H3LiS5. The van der Waals surface area contributed by atoms with E-state index >= 15 is 0 Å². The van der Waals surface area contributed by atoms with Gasteiger partial charge in [0.2, 0.25) is 0 Å². The van der Waals surface area contributed by atoms with Gasteiger partial charge in [-0.3, -0.25) is 0 Å². The van der Waals surface area contributed by atoms with Gasteiger partial charge >= 0.3 is 18.9 Å². The van der Waals surface area contributed by atoms with Gasteiger partial charge < -0.3 is 12.6 Å². The van der Waals surface area contributed by atoms with Crippen molar-refractivity contribution in [2.24, 2.45) is 0 Å². The van der Waals surface area contributed by atoms with Crippen LogP contribution in [0, 0.1) is 0 Å². The molecule has 0 aliphatic carbocycles. The van der Waals surface area contributed by atoms with Crippen molar-refractivity contribution in [3.05, 3.63) is 28.9 Å². The van der Waals surface area contributed by atoms with Crippen LogP contribution in [0.1, 0.15) is 0 Å². The maximum absolute atomic E-state index is 5.05. The van der Waals surface area contributed by atoms with Crippen LogP contribution in [0.4, 0.5) is 0 Å². The van der Waals surface area contributed by atoms with Crippen molar-refractivity contribution in [2.45, 2.75) is 0 Å².